The Morgan fingerprint density at radius 1 is 1.26 bits per heavy atom. The molecule has 0 unspecified atom stereocenters. The van der Waals surface area contributed by atoms with Crippen LogP contribution in [0.5, 0.6) is 11.5 Å². The van der Waals surface area contributed by atoms with Crippen molar-refractivity contribution in [1.82, 2.24) is 5.32 Å². The van der Waals surface area contributed by atoms with Crippen LogP contribution in [-0.2, 0) is 4.74 Å². The number of nitrogens with zero attached hydrogens (tertiary/aromatic N) is 1. The highest BCUT2D eigenvalue weighted by Gasteiger charge is 2.33. The van der Waals surface area contributed by atoms with Crippen molar-refractivity contribution < 1.29 is 28.2 Å². The van der Waals surface area contributed by atoms with Crippen molar-refractivity contribution in [3.8, 4) is 11.5 Å². The van der Waals surface area contributed by atoms with E-state index in [1.807, 2.05) is 0 Å². The number of halogens is 2. The number of benzene rings is 2. The number of carbonyl (C=O) groups is 2. The van der Waals surface area contributed by atoms with Gasteiger partial charge in [-0.25, -0.2) is 9.18 Å². The average molecular weight is 393 g/mol. The Hall–Kier alpha value is -3.00. The zero-order chi connectivity index (χ0) is 19.0. The van der Waals surface area contributed by atoms with E-state index in [0.29, 0.717) is 17.2 Å². The number of carbonyl (C=O) groups excluding carboxylic acids is 2. The molecule has 0 aliphatic carbocycles. The lowest BCUT2D eigenvalue weighted by atomic mass is 10.2. The summed E-state index contributed by atoms with van der Waals surface area (Å²) in [5.74, 6) is -0.232. The molecule has 1 N–H and O–H groups in total. The van der Waals surface area contributed by atoms with Crippen LogP contribution in [0.2, 0.25) is 5.02 Å². The van der Waals surface area contributed by atoms with Crippen LogP contribution < -0.4 is 19.7 Å². The number of anilines is 1. The fourth-order valence-corrected chi connectivity index (χ4v) is 3.15. The highest BCUT2D eigenvalue weighted by atomic mass is 35.5. The molecule has 0 aromatic heterocycles. The lowest BCUT2D eigenvalue weighted by molar-refractivity contribution is 0.0912. The molecule has 1 atom stereocenters. The van der Waals surface area contributed by atoms with Crippen molar-refractivity contribution in [3.63, 3.8) is 0 Å². The van der Waals surface area contributed by atoms with Gasteiger partial charge >= 0.3 is 6.09 Å². The maximum atomic E-state index is 13.8. The molecule has 9 heteroatoms. The quantitative estimate of drug-likeness (QED) is 0.865. The Bertz CT molecular complexity index is 902. The Labute approximate surface area is 158 Å². The normalized spacial score (nSPS) is 17.8. The number of fused-ring (bicyclic) bond motifs is 1. The first-order valence-electron chi connectivity index (χ1n) is 8.13. The molecular weight excluding hydrogens is 379 g/mol. The van der Waals surface area contributed by atoms with E-state index >= 15 is 0 Å². The van der Waals surface area contributed by atoms with Crippen molar-refractivity contribution in [2.45, 2.75) is 6.10 Å². The number of hydrogen-bond acceptors (Lipinski definition) is 5. The van der Waals surface area contributed by atoms with Gasteiger partial charge in [-0.3, -0.25) is 9.69 Å². The standard InChI is InChI=1S/C18H14ClFN2O5/c19-12-2-1-3-13(20)16(12)17(23)21-7-11-8-22(18(24)27-11)10-4-5-14-15(6-10)26-9-25-14/h1-6,11H,7-9H2,(H,21,23)/t11-/m1/s1. The first-order valence-corrected chi connectivity index (χ1v) is 8.51. The summed E-state index contributed by atoms with van der Waals surface area (Å²) < 4.78 is 29.6. The Morgan fingerprint density at radius 3 is 2.89 bits per heavy atom. The van der Waals surface area contributed by atoms with Crippen LogP contribution in [0.1, 0.15) is 10.4 Å². The molecule has 7 nitrogen and oxygen atoms in total. The van der Waals surface area contributed by atoms with E-state index < -0.39 is 23.9 Å². The van der Waals surface area contributed by atoms with Crippen LogP contribution in [0.4, 0.5) is 14.9 Å². The highest BCUT2D eigenvalue weighted by Crippen LogP contribution is 2.36. The third-order valence-corrected chi connectivity index (χ3v) is 4.54. The van der Waals surface area contributed by atoms with Crippen molar-refractivity contribution in [2.75, 3.05) is 24.8 Å². The lowest BCUT2D eigenvalue weighted by Gasteiger charge is -2.14. The maximum absolute atomic E-state index is 13.8. The summed E-state index contributed by atoms with van der Waals surface area (Å²) in [4.78, 5) is 25.8. The van der Waals surface area contributed by atoms with E-state index in [1.54, 1.807) is 18.2 Å². The van der Waals surface area contributed by atoms with Crippen LogP contribution in [0, 0.1) is 5.82 Å². The highest BCUT2D eigenvalue weighted by molar-refractivity contribution is 6.33. The summed E-state index contributed by atoms with van der Waals surface area (Å²) in [5.41, 5.74) is 0.353. The second-order valence-electron chi connectivity index (χ2n) is 5.96. The third kappa shape index (κ3) is 3.35. The molecule has 0 radical (unpaired) electrons. The van der Waals surface area contributed by atoms with Crippen molar-refractivity contribution in [1.29, 1.82) is 0 Å². The number of amides is 2. The number of nitrogens with one attached hydrogen (secondary N) is 1. The summed E-state index contributed by atoms with van der Waals surface area (Å²) >= 11 is 5.88. The molecule has 27 heavy (non-hydrogen) atoms. The van der Waals surface area contributed by atoms with E-state index in [4.69, 9.17) is 25.8 Å². The van der Waals surface area contributed by atoms with Crippen LogP contribution >= 0.6 is 11.6 Å². The van der Waals surface area contributed by atoms with Crippen LogP contribution in [0.15, 0.2) is 36.4 Å². The maximum Gasteiger partial charge on any atom is 0.414 e. The SMILES string of the molecule is O=C(NC[C@@H]1CN(c2ccc3c(c2)OCO3)C(=O)O1)c1c(F)cccc1Cl. The fraction of sp³-hybridized carbons (Fsp3) is 0.222. The molecule has 2 heterocycles. The van der Waals surface area contributed by atoms with Gasteiger partial charge in [0.2, 0.25) is 6.79 Å². The van der Waals surface area contributed by atoms with Crippen molar-refractivity contribution in [2.24, 2.45) is 0 Å². The van der Waals surface area contributed by atoms with Gasteiger partial charge in [0.25, 0.3) is 5.91 Å². The molecule has 2 aliphatic rings. The Kier molecular flexibility index (Phi) is 4.49. The predicted molar refractivity (Wildman–Crippen MR) is 93.9 cm³/mol. The summed E-state index contributed by atoms with van der Waals surface area (Å²) in [6.45, 7) is 0.385. The zero-order valence-corrected chi connectivity index (χ0v) is 14.7. The third-order valence-electron chi connectivity index (χ3n) is 4.22. The van der Waals surface area contributed by atoms with Gasteiger partial charge in [0.1, 0.15) is 11.9 Å². The smallest absolute Gasteiger partial charge is 0.414 e. The minimum atomic E-state index is -0.717. The molecule has 1 fully saturated rings. The molecule has 0 spiro atoms. The van der Waals surface area contributed by atoms with E-state index in [1.165, 1.54) is 17.0 Å². The minimum Gasteiger partial charge on any atom is -0.454 e. The van der Waals surface area contributed by atoms with Gasteiger partial charge in [-0.2, -0.15) is 0 Å². The monoisotopic (exact) mass is 392 g/mol. The summed E-state index contributed by atoms with van der Waals surface area (Å²) in [5, 5.41) is 2.56. The molecule has 1 saturated heterocycles. The van der Waals surface area contributed by atoms with Crippen LogP contribution in [0.25, 0.3) is 0 Å². The van der Waals surface area contributed by atoms with Crippen LogP contribution in [0.3, 0.4) is 0 Å². The molecule has 2 amide bonds. The van der Waals surface area contributed by atoms with E-state index in [2.05, 4.69) is 5.32 Å². The van der Waals surface area contributed by atoms with Gasteiger partial charge in [-0.05, 0) is 24.3 Å². The minimum absolute atomic E-state index is 0.0119. The molecule has 0 bridgehead atoms. The molecule has 4 rings (SSSR count). The fourth-order valence-electron chi connectivity index (χ4n) is 2.90. The second-order valence-corrected chi connectivity index (χ2v) is 6.37. The predicted octanol–water partition coefficient (Wildman–Crippen LogP) is 2.96. The second kappa shape index (κ2) is 6.96. The molecular formula is C18H14ClFN2O5. The van der Waals surface area contributed by atoms with Gasteiger partial charge in [0, 0.05) is 6.07 Å². The first-order chi connectivity index (χ1) is 13.0. The van der Waals surface area contributed by atoms with Gasteiger partial charge < -0.3 is 19.5 Å². The summed E-state index contributed by atoms with van der Waals surface area (Å²) in [7, 11) is 0. The Morgan fingerprint density at radius 2 is 2.07 bits per heavy atom. The Balaban J connectivity index is 1.40. The van der Waals surface area contributed by atoms with E-state index in [0.717, 1.165) is 6.07 Å². The number of hydrogen-bond donors (Lipinski definition) is 1. The van der Waals surface area contributed by atoms with Gasteiger partial charge in [0.05, 0.1) is 29.4 Å². The number of cyclic esters (lactones) is 1. The molecule has 140 valence electrons. The summed E-state index contributed by atoms with van der Waals surface area (Å²) in [6, 6.07) is 9.10. The van der Waals surface area contributed by atoms with E-state index in [-0.39, 0.29) is 30.5 Å². The first kappa shape index (κ1) is 17.4. The average Bonchev–Trinajstić information content (AvgIpc) is 3.25. The molecule has 2 aliphatic heterocycles. The zero-order valence-electron chi connectivity index (χ0n) is 13.9. The van der Waals surface area contributed by atoms with Crippen molar-refractivity contribution in [3.05, 3.63) is 52.8 Å². The molecule has 2 aromatic rings. The van der Waals surface area contributed by atoms with Gasteiger partial charge in [-0.15, -0.1) is 0 Å². The van der Waals surface area contributed by atoms with Gasteiger partial charge in [0.15, 0.2) is 11.5 Å². The largest absolute Gasteiger partial charge is 0.454 e. The summed E-state index contributed by atoms with van der Waals surface area (Å²) in [6.07, 6.45) is -1.13. The number of ether oxygens (including phenoxy) is 3. The topological polar surface area (TPSA) is 77.1 Å². The van der Waals surface area contributed by atoms with Gasteiger partial charge in [-0.1, -0.05) is 17.7 Å². The van der Waals surface area contributed by atoms with Crippen LogP contribution in [-0.4, -0.2) is 38.0 Å². The number of rotatable bonds is 4. The molecule has 0 saturated carbocycles. The lowest BCUT2D eigenvalue weighted by Crippen LogP contribution is -2.35. The van der Waals surface area contributed by atoms with Crippen molar-refractivity contribution >= 4 is 29.3 Å². The molecule has 2 aromatic carbocycles. The van der Waals surface area contributed by atoms with E-state index in [9.17, 15) is 14.0 Å².